The van der Waals surface area contributed by atoms with Crippen molar-refractivity contribution in [2.75, 3.05) is 27.2 Å². The summed E-state index contributed by atoms with van der Waals surface area (Å²) in [7, 11) is 4.14. The molecule has 0 aliphatic heterocycles. The van der Waals surface area contributed by atoms with Gasteiger partial charge in [-0.05, 0) is 20.6 Å². The van der Waals surface area contributed by atoms with Crippen LogP contribution in [0.3, 0.4) is 0 Å². The van der Waals surface area contributed by atoms with E-state index in [9.17, 15) is 0 Å². The summed E-state index contributed by atoms with van der Waals surface area (Å²) in [5, 5.41) is 3.26. The average Bonchev–Trinajstić information content (AvgIpc) is 2.59. The Bertz CT molecular complexity index is 254. The Morgan fingerprint density at radius 2 is 2.29 bits per heavy atom. The van der Waals surface area contributed by atoms with Crippen LogP contribution >= 0.6 is 0 Å². The topological polar surface area (TPSA) is 44.0 Å². The predicted octanol–water partition coefficient (Wildman–Crippen LogP) is 0.623. The zero-order chi connectivity index (χ0) is 10.4. The largest absolute Gasteiger partial charge is 0.345 e. The molecule has 2 N–H and O–H groups in total. The maximum atomic E-state index is 4.32. The van der Waals surface area contributed by atoms with Crippen molar-refractivity contribution in [3.8, 4) is 0 Å². The van der Waals surface area contributed by atoms with Gasteiger partial charge in [0.2, 0.25) is 0 Å². The molecule has 0 fully saturated rings. The summed E-state index contributed by atoms with van der Waals surface area (Å²) in [6, 6.07) is 0. The zero-order valence-electron chi connectivity index (χ0n) is 9.30. The number of aromatic amines is 1. The molecule has 4 nitrogen and oxygen atoms in total. The van der Waals surface area contributed by atoms with Crippen molar-refractivity contribution in [1.82, 2.24) is 20.2 Å². The van der Waals surface area contributed by atoms with E-state index in [0.29, 0.717) is 0 Å². The second-order valence-corrected chi connectivity index (χ2v) is 3.69. The number of H-pyrrole nitrogens is 1. The highest BCUT2D eigenvalue weighted by molar-refractivity contribution is 5.01. The van der Waals surface area contributed by atoms with Crippen LogP contribution in [0.2, 0.25) is 0 Å². The standard InChI is InChI=1S/C10H20N4/c1-4-11-7-9-8-12-10(13-9)5-6-14(2)3/h8,11H,4-7H2,1-3H3,(H,12,13). The molecule has 0 bridgehead atoms. The molecule has 4 heteroatoms. The van der Waals surface area contributed by atoms with Gasteiger partial charge in [-0.1, -0.05) is 6.92 Å². The van der Waals surface area contributed by atoms with Gasteiger partial charge in [-0.3, -0.25) is 0 Å². The molecular weight excluding hydrogens is 176 g/mol. The van der Waals surface area contributed by atoms with Crippen LogP contribution in [-0.2, 0) is 13.0 Å². The summed E-state index contributed by atoms with van der Waals surface area (Å²) in [5.41, 5.74) is 1.17. The Balaban J connectivity index is 2.35. The Morgan fingerprint density at radius 3 is 2.93 bits per heavy atom. The van der Waals surface area contributed by atoms with Crippen LogP contribution in [0.1, 0.15) is 18.4 Å². The second-order valence-electron chi connectivity index (χ2n) is 3.69. The fraction of sp³-hybridized carbons (Fsp3) is 0.700. The molecular formula is C10H20N4. The van der Waals surface area contributed by atoms with E-state index < -0.39 is 0 Å². The second kappa shape index (κ2) is 5.78. The molecule has 0 atom stereocenters. The molecule has 0 spiro atoms. The first-order valence-electron chi connectivity index (χ1n) is 5.10. The number of hydrogen-bond donors (Lipinski definition) is 2. The first kappa shape index (κ1) is 11.2. The van der Waals surface area contributed by atoms with Crippen LogP contribution < -0.4 is 5.32 Å². The number of rotatable bonds is 6. The summed E-state index contributed by atoms with van der Waals surface area (Å²) in [6.07, 6.45) is 2.90. The quantitative estimate of drug-likeness (QED) is 0.701. The smallest absolute Gasteiger partial charge is 0.107 e. The van der Waals surface area contributed by atoms with Crippen LogP contribution in [0, 0.1) is 0 Å². The van der Waals surface area contributed by atoms with E-state index in [1.165, 1.54) is 5.69 Å². The van der Waals surface area contributed by atoms with Gasteiger partial charge in [0.25, 0.3) is 0 Å². The molecule has 1 rings (SSSR count). The monoisotopic (exact) mass is 196 g/mol. The summed E-state index contributed by atoms with van der Waals surface area (Å²) < 4.78 is 0. The van der Waals surface area contributed by atoms with Crippen molar-refractivity contribution in [3.05, 3.63) is 17.7 Å². The van der Waals surface area contributed by atoms with Gasteiger partial charge in [-0.2, -0.15) is 0 Å². The Morgan fingerprint density at radius 1 is 1.50 bits per heavy atom. The van der Waals surface area contributed by atoms with Gasteiger partial charge in [0.1, 0.15) is 5.82 Å². The Hall–Kier alpha value is -0.870. The third-order valence-electron chi connectivity index (χ3n) is 2.04. The van der Waals surface area contributed by atoms with Gasteiger partial charge >= 0.3 is 0 Å². The first-order valence-corrected chi connectivity index (χ1v) is 5.10. The first-order chi connectivity index (χ1) is 6.72. The minimum atomic E-state index is 0.880. The number of aromatic nitrogens is 2. The number of hydrogen-bond acceptors (Lipinski definition) is 3. The van der Waals surface area contributed by atoms with Crippen LogP contribution in [0.4, 0.5) is 0 Å². The number of nitrogens with one attached hydrogen (secondary N) is 2. The average molecular weight is 196 g/mol. The normalized spacial score (nSPS) is 11.1. The molecule has 0 radical (unpaired) electrons. The van der Waals surface area contributed by atoms with Crippen molar-refractivity contribution < 1.29 is 0 Å². The zero-order valence-corrected chi connectivity index (χ0v) is 9.30. The number of nitrogens with zero attached hydrogens (tertiary/aromatic N) is 2. The summed E-state index contributed by atoms with van der Waals surface area (Å²) in [5.74, 6) is 1.08. The van der Waals surface area contributed by atoms with Gasteiger partial charge in [-0.15, -0.1) is 0 Å². The molecule has 1 aromatic heterocycles. The Labute approximate surface area is 85.7 Å². The fourth-order valence-corrected chi connectivity index (χ4v) is 1.21. The van der Waals surface area contributed by atoms with E-state index in [2.05, 4.69) is 41.2 Å². The molecule has 80 valence electrons. The molecule has 0 aliphatic rings. The van der Waals surface area contributed by atoms with Crippen molar-refractivity contribution >= 4 is 0 Å². The van der Waals surface area contributed by atoms with E-state index >= 15 is 0 Å². The van der Waals surface area contributed by atoms with Crippen molar-refractivity contribution in [2.45, 2.75) is 19.9 Å². The van der Waals surface area contributed by atoms with Crippen LogP contribution in [0.5, 0.6) is 0 Å². The highest BCUT2D eigenvalue weighted by Crippen LogP contribution is 1.98. The molecule has 0 aromatic carbocycles. The third-order valence-corrected chi connectivity index (χ3v) is 2.04. The van der Waals surface area contributed by atoms with E-state index in [1.807, 2.05) is 6.20 Å². The van der Waals surface area contributed by atoms with E-state index in [4.69, 9.17) is 0 Å². The highest BCUT2D eigenvalue weighted by Gasteiger charge is 2.00. The van der Waals surface area contributed by atoms with Gasteiger partial charge in [0.15, 0.2) is 0 Å². The Kier molecular flexibility index (Phi) is 4.62. The van der Waals surface area contributed by atoms with Crippen LogP contribution in [-0.4, -0.2) is 42.1 Å². The summed E-state index contributed by atoms with van der Waals surface area (Å²) in [6.45, 7) is 5.01. The van der Waals surface area contributed by atoms with E-state index in [-0.39, 0.29) is 0 Å². The molecule has 1 aromatic rings. The lowest BCUT2D eigenvalue weighted by Crippen LogP contribution is -2.16. The molecule has 0 saturated heterocycles. The molecule has 0 saturated carbocycles. The molecule has 14 heavy (non-hydrogen) atoms. The minimum Gasteiger partial charge on any atom is -0.345 e. The van der Waals surface area contributed by atoms with Crippen molar-refractivity contribution in [3.63, 3.8) is 0 Å². The predicted molar refractivity (Wildman–Crippen MR) is 58.2 cm³/mol. The van der Waals surface area contributed by atoms with E-state index in [0.717, 1.165) is 31.9 Å². The van der Waals surface area contributed by atoms with Gasteiger partial charge in [0, 0.05) is 31.4 Å². The molecule has 0 aliphatic carbocycles. The highest BCUT2D eigenvalue weighted by atomic mass is 15.1. The lowest BCUT2D eigenvalue weighted by Gasteiger charge is -2.06. The van der Waals surface area contributed by atoms with Crippen LogP contribution in [0.25, 0.3) is 0 Å². The minimum absolute atomic E-state index is 0.880. The SMILES string of the molecule is CCNCc1cnc(CCN(C)C)[nH]1. The van der Waals surface area contributed by atoms with Crippen molar-refractivity contribution in [2.24, 2.45) is 0 Å². The maximum absolute atomic E-state index is 4.32. The summed E-state index contributed by atoms with van der Waals surface area (Å²) >= 11 is 0. The lowest BCUT2D eigenvalue weighted by atomic mass is 10.4. The third kappa shape index (κ3) is 3.89. The van der Waals surface area contributed by atoms with E-state index in [1.54, 1.807) is 0 Å². The lowest BCUT2D eigenvalue weighted by molar-refractivity contribution is 0.410. The van der Waals surface area contributed by atoms with Gasteiger partial charge in [0.05, 0.1) is 0 Å². The number of imidazole rings is 1. The van der Waals surface area contributed by atoms with Gasteiger partial charge in [-0.25, -0.2) is 4.98 Å². The van der Waals surface area contributed by atoms with Gasteiger partial charge < -0.3 is 15.2 Å². The maximum Gasteiger partial charge on any atom is 0.107 e. The number of likely N-dealkylation sites (N-methyl/N-ethyl adjacent to an activating group) is 1. The molecule has 0 unspecified atom stereocenters. The van der Waals surface area contributed by atoms with Crippen molar-refractivity contribution in [1.29, 1.82) is 0 Å². The van der Waals surface area contributed by atoms with Crippen LogP contribution in [0.15, 0.2) is 6.20 Å². The molecule has 1 heterocycles. The molecule has 0 amide bonds. The summed E-state index contributed by atoms with van der Waals surface area (Å²) in [4.78, 5) is 9.78. The fourth-order valence-electron chi connectivity index (χ4n) is 1.21.